The number of aromatic nitrogens is 2. The SMILES string of the molecule is Cc1nc2ccc(C3OC(C)O3)cc2n1-c1ccccc1. The molecule has 0 spiro atoms. The molecule has 0 N–H and O–H groups in total. The maximum absolute atomic E-state index is 5.57. The van der Waals surface area contributed by atoms with Crippen molar-refractivity contribution in [2.75, 3.05) is 0 Å². The van der Waals surface area contributed by atoms with Crippen molar-refractivity contribution in [2.45, 2.75) is 26.4 Å². The molecule has 4 heteroatoms. The Morgan fingerprint density at radius 3 is 2.52 bits per heavy atom. The van der Waals surface area contributed by atoms with E-state index in [1.807, 2.05) is 44.2 Å². The van der Waals surface area contributed by atoms with Crippen LogP contribution in [0.15, 0.2) is 48.5 Å². The predicted octanol–water partition coefficient (Wildman–Crippen LogP) is 3.73. The summed E-state index contributed by atoms with van der Waals surface area (Å²) in [6, 6.07) is 16.4. The monoisotopic (exact) mass is 280 g/mol. The Morgan fingerprint density at radius 1 is 1.05 bits per heavy atom. The zero-order valence-electron chi connectivity index (χ0n) is 12.0. The minimum atomic E-state index is -0.260. The molecule has 1 aliphatic heterocycles. The third kappa shape index (κ3) is 2.04. The number of para-hydroxylation sites is 1. The van der Waals surface area contributed by atoms with Crippen molar-refractivity contribution < 1.29 is 9.47 Å². The van der Waals surface area contributed by atoms with Crippen molar-refractivity contribution in [1.82, 2.24) is 9.55 Å². The molecule has 21 heavy (non-hydrogen) atoms. The fourth-order valence-corrected chi connectivity index (χ4v) is 2.78. The van der Waals surface area contributed by atoms with Crippen molar-refractivity contribution in [3.8, 4) is 5.69 Å². The van der Waals surface area contributed by atoms with Crippen LogP contribution < -0.4 is 0 Å². The van der Waals surface area contributed by atoms with E-state index < -0.39 is 0 Å². The number of hydrogen-bond donors (Lipinski definition) is 0. The summed E-state index contributed by atoms with van der Waals surface area (Å²) >= 11 is 0. The van der Waals surface area contributed by atoms with Crippen LogP contribution in [-0.4, -0.2) is 15.8 Å². The summed E-state index contributed by atoms with van der Waals surface area (Å²) in [5.41, 5.74) is 4.19. The molecule has 2 aromatic carbocycles. The highest BCUT2D eigenvalue weighted by Crippen LogP contribution is 2.33. The summed E-state index contributed by atoms with van der Waals surface area (Å²) < 4.78 is 13.3. The third-order valence-corrected chi connectivity index (χ3v) is 3.76. The van der Waals surface area contributed by atoms with Crippen LogP contribution in [0, 0.1) is 6.92 Å². The number of rotatable bonds is 2. The Kier molecular flexibility index (Phi) is 2.80. The van der Waals surface area contributed by atoms with Crippen LogP contribution in [0.25, 0.3) is 16.7 Å². The van der Waals surface area contributed by atoms with Gasteiger partial charge >= 0.3 is 0 Å². The molecule has 1 saturated heterocycles. The van der Waals surface area contributed by atoms with Gasteiger partial charge in [0.1, 0.15) is 5.82 Å². The molecule has 0 atom stereocenters. The van der Waals surface area contributed by atoms with E-state index in [-0.39, 0.29) is 12.6 Å². The molecule has 0 radical (unpaired) electrons. The van der Waals surface area contributed by atoms with Gasteiger partial charge in [-0.3, -0.25) is 4.57 Å². The van der Waals surface area contributed by atoms with Gasteiger partial charge in [0.25, 0.3) is 0 Å². The van der Waals surface area contributed by atoms with E-state index in [0.29, 0.717) is 0 Å². The number of benzene rings is 2. The van der Waals surface area contributed by atoms with Crippen LogP contribution in [0.2, 0.25) is 0 Å². The lowest BCUT2D eigenvalue weighted by atomic mass is 10.1. The zero-order valence-corrected chi connectivity index (χ0v) is 12.0. The molecule has 0 saturated carbocycles. The van der Waals surface area contributed by atoms with Crippen molar-refractivity contribution >= 4 is 11.0 Å². The number of imidazole rings is 1. The van der Waals surface area contributed by atoms with Crippen LogP contribution in [0.4, 0.5) is 0 Å². The summed E-state index contributed by atoms with van der Waals surface area (Å²) in [5, 5.41) is 0. The van der Waals surface area contributed by atoms with Crippen LogP contribution in [0.1, 0.15) is 24.6 Å². The topological polar surface area (TPSA) is 36.3 Å². The Labute approximate surface area is 122 Å². The minimum Gasteiger partial charge on any atom is -0.320 e. The van der Waals surface area contributed by atoms with Gasteiger partial charge in [0.2, 0.25) is 0 Å². The van der Waals surface area contributed by atoms with Gasteiger partial charge in [-0.05, 0) is 38.1 Å². The normalized spacial score (nSPS) is 21.4. The Balaban J connectivity index is 1.86. The average Bonchev–Trinajstić information content (AvgIpc) is 2.80. The lowest BCUT2D eigenvalue weighted by Crippen LogP contribution is -2.31. The van der Waals surface area contributed by atoms with Crippen LogP contribution in [0.5, 0.6) is 0 Å². The molecule has 1 aliphatic rings. The molecule has 0 aliphatic carbocycles. The number of aryl methyl sites for hydroxylation is 1. The highest BCUT2D eigenvalue weighted by atomic mass is 16.9. The molecule has 0 bridgehead atoms. The van der Waals surface area contributed by atoms with Crippen molar-refractivity contribution in [3.05, 3.63) is 59.9 Å². The second kappa shape index (κ2) is 4.69. The summed E-state index contributed by atoms with van der Waals surface area (Å²) in [6.07, 6.45) is -0.379. The summed E-state index contributed by atoms with van der Waals surface area (Å²) in [5.74, 6) is 0.970. The standard InChI is InChI=1S/C17H16N2O2/c1-11-18-15-9-8-13(17-20-12(2)21-17)10-16(15)19(11)14-6-4-3-5-7-14/h3-10,12,17H,1-2H3. The maximum Gasteiger partial charge on any atom is 0.189 e. The fourth-order valence-electron chi connectivity index (χ4n) is 2.78. The lowest BCUT2D eigenvalue weighted by Gasteiger charge is -2.33. The Morgan fingerprint density at radius 2 is 1.81 bits per heavy atom. The number of ether oxygens (including phenoxy) is 2. The molecule has 4 rings (SSSR count). The van der Waals surface area contributed by atoms with Crippen LogP contribution in [0.3, 0.4) is 0 Å². The Bertz CT molecular complexity index is 789. The van der Waals surface area contributed by atoms with Crippen LogP contribution in [-0.2, 0) is 9.47 Å². The number of fused-ring (bicyclic) bond motifs is 1. The molecule has 2 heterocycles. The summed E-state index contributed by atoms with van der Waals surface area (Å²) in [6.45, 7) is 3.92. The van der Waals surface area contributed by atoms with Gasteiger partial charge in [-0.1, -0.05) is 24.3 Å². The predicted molar refractivity (Wildman–Crippen MR) is 80.2 cm³/mol. The lowest BCUT2D eigenvalue weighted by molar-refractivity contribution is -0.382. The van der Waals surface area contributed by atoms with Crippen molar-refractivity contribution in [1.29, 1.82) is 0 Å². The van der Waals surface area contributed by atoms with Gasteiger partial charge in [-0.25, -0.2) is 4.98 Å². The molecule has 1 aromatic heterocycles. The molecular formula is C17H16N2O2. The van der Waals surface area contributed by atoms with Gasteiger partial charge in [0, 0.05) is 11.3 Å². The summed E-state index contributed by atoms with van der Waals surface area (Å²) in [7, 11) is 0. The molecule has 0 unspecified atom stereocenters. The third-order valence-electron chi connectivity index (χ3n) is 3.76. The van der Waals surface area contributed by atoms with Crippen molar-refractivity contribution in [2.24, 2.45) is 0 Å². The quantitative estimate of drug-likeness (QED) is 0.717. The largest absolute Gasteiger partial charge is 0.320 e. The van der Waals surface area contributed by atoms with E-state index in [9.17, 15) is 0 Å². The highest BCUT2D eigenvalue weighted by Gasteiger charge is 2.28. The second-order valence-electron chi connectivity index (χ2n) is 5.25. The number of hydrogen-bond acceptors (Lipinski definition) is 3. The first kappa shape index (κ1) is 12.6. The first-order valence-electron chi connectivity index (χ1n) is 7.08. The van der Waals surface area contributed by atoms with E-state index >= 15 is 0 Å². The van der Waals surface area contributed by atoms with E-state index in [4.69, 9.17) is 9.47 Å². The van der Waals surface area contributed by atoms with Gasteiger partial charge in [-0.2, -0.15) is 0 Å². The first-order chi connectivity index (χ1) is 10.2. The van der Waals surface area contributed by atoms with E-state index in [1.165, 1.54) is 0 Å². The average molecular weight is 280 g/mol. The first-order valence-corrected chi connectivity index (χ1v) is 7.08. The molecule has 1 fully saturated rings. The number of nitrogens with zero attached hydrogens (tertiary/aromatic N) is 2. The van der Waals surface area contributed by atoms with Gasteiger partial charge in [0.15, 0.2) is 12.6 Å². The molecule has 3 aromatic rings. The Hall–Kier alpha value is -2.17. The molecule has 0 amide bonds. The zero-order chi connectivity index (χ0) is 14.4. The van der Waals surface area contributed by atoms with Gasteiger partial charge < -0.3 is 9.47 Å². The van der Waals surface area contributed by atoms with E-state index in [2.05, 4.69) is 27.8 Å². The minimum absolute atomic E-state index is 0.119. The summed E-state index contributed by atoms with van der Waals surface area (Å²) in [4.78, 5) is 4.63. The fraction of sp³-hybridized carbons (Fsp3) is 0.235. The highest BCUT2D eigenvalue weighted by molar-refractivity contribution is 5.79. The van der Waals surface area contributed by atoms with E-state index in [0.717, 1.165) is 28.1 Å². The maximum atomic E-state index is 5.57. The molecular weight excluding hydrogens is 264 g/mol. The second-order valence-corrected chi connectivity index (χ2v) is 5.25. The van der Waals surface area contributed by atoms with Crippen LogP contribution >= 0.6 is 0 Å². The molecule has 106 valence electrons. The smallest absolute Gasteiger partial charge is 0.189 e. The van der Waals surface area contributed by atoms with Crippen molar-refractivity contribution in [3.63, 3.8) is 0 Å². The van der Waals surface area contributed by atoms with Gasteiger partial charge in [-0.15, -0.1) is 0 Å². The van der Waals surface area contributed by atoms with Gasteiger partial charge in [0.05, 0.1) is 11.0 Å². The molecule has 4 nitrogen and oxygen atoms in total. The van der Waals surface area contributed by atoms with E-state index in [1.54, 1.807) is 0 Å².